The molecule has 6 heteroatoms. The maximum absolute atomic E-state index is 6.46. The smallest absolute Gasteiger partial charge is 0.135 e. The zero-order valence-electron chi connectivity index (χ0n) is 31.8. The van der Waals surface area contributed by atoms with Crippen molar-refractivity contribution in [2.24, 2.45) is 10.8 Å². The van der Waals surface area contributed by atoms with Crippen LogP contribution in [-0.4, -0.2) is 9.55 Å². The SMILES string of the molecule is CC(C)(C)Cc1cc(CC(C)(C)C)cc(N2C=CN(c3[c-]c(Oc4[c-]c5c(cc4)c4ccccc4n5-c4cc(C(C)(C)C)ccn4)ccc3)[CH-]2)c1.[Pt]. The Balaban J connectivity index is 0.00000464. The van der Waals surface area contributed by atoms with Crippen molar-refractivity contribution < 1.29 is 25.8 Å². The number of anilines is 2. The summed E-state index contributed by atoms with van der Waals surface area (Å²) in [6, 6.07) is 36.9. The number of nitrogens with zero attached hydrogens (tertiary/aromatic N) is 4. The van der Waals surface area contributed by atoms with E-state index in [1.165, 1.54) is 22.4 Å². The molecule has 272 valence electrons. The van der Waals surface area contributed by atoms with Gasteiger partial charge < -0.3 is 19.1 Å². The van der Waals surface area contributed by atoms with E-state index in [9.17, 15) is 0 Å². The third-order valence-corrected chi connectivity index (χ3v) is 9.09. The van der Waals surface area contributed by atoms with Crippen LogP contribution in [-0.2, 0) is 39.3 Å². The second-order valence-corrected chi connectivity index (χ2v) is 17.3. The molecule has 0 fully saturated rings. The number of ether oxygens (including phenoxy) is 1. The van der Waals surface area contributed by atoms with Crippen LogP contribution in [0.15, 0.2) is 104 Å². The average Bonchev–Trinajstić information content (AvgIpc) is 3.66. The predicted octanol–water partition coefficient (Wildman–Crippen LogP) is 12.0. The zero-order valence-corrected chi connectivity index (χ0v) is 34.1. The number of fused-ring (bicyclic) bond motifs is 3. The largest absolute Gasteiger partial charge is 0.509 e. The van der Waals surface area contributed by atoms with E-state index < -0.39 is 0 Å². The van der Waals surface area contributed by atoms with Crippen LogP contribution in [0.5, 0.6) is 11.5 Å². The van der Waals surface area contributed by atoms with Gasteiger partial charge in [-0.15, -0.1) is 48.1 Å². The van der Waals surface area contributed by atoms with Crippen LogP contribution in [0.3, 0.4) is 0 Å². The predicted molar refractivity (Wildman–Crippen MR) is 213 cm³/mol. The van der Waals surface area contributed by atoms with Crippen molar-refractivity contribution in [3.05, 3.63) is 139 Å². The fourth-order valence-electron chi connectivity index (χ4n) is 6.91. The number of benzene rings is 4. The van der Waals surface area contributed by atoms with Crippen LogP contribution >= 0.6 is 0 Å². The third-order valence-electron chi connectivity index (χ3n) is 9.09. The summed E-state index contributed by atoms with van der Waals surface area (Å²) in [5, 5.41) is 2.26. The molecule has 0 amide bonds. The first-order valence-electron chi connectivity index (χ1n) is 18.0. The van der Waals surface area contributed by atoms with Crippen LogP contribution in [0.1, 0.15) is 79.0 Å². The minimum Gasteiger partial charge on any atom is -0.509 e. The summed E-state index contributed by atoms with van der Waals surface area (Å²) >= 11 is 0. The van der Waals surface area contributed by atoms with Crippen LogP contribution in [0.25, 0.3) is 27.6 Å². The van der Waals surface area contributed by atoms with E-state index in [0.717, 1.165) is 46.2 Å². The number of aromatic nitrogens is 2. The zero-order chi connectivity index (χ0) is 36.1. The molecule has 2 aromatic heterocycles. The van der Waals surface area contributed by atoms with Crippen molar-refractivity contribution in [2.45, 2.75) is 80.6 Å². The topological polar surface area (TPSA) is 33.5 Å². The van der Waals surface area contributed by atoms with E-state index in [4.69, 9.17) is 9.72 Å². The summed E-state index contributed by atoms with van der Waals surface area (Å²) in [7, 11) is 0. The number of rotatable bonds is 7. The van der Waals surface area contributed by atoms with Gasteiger partial charge in [0, 0.05) is 50.0 Å². The molecule has 1 aliphatic rings. The molecule has 6 aromatic rings. The van der Waals surface area contributed by atoms with Crippen LogP contribution in [0.4, 0.5) is 11.4 Å². The Morgan fingerprint density at radius 3 is 2.04 bits per heavy atom. The fourth-order valence-corrected chi connectivity index (χ4v) is 6.91. The molecule has 52 heavy (non-hydrogen) atoms. The molecule has 0 saturated carbocycles. The Hall–Kier alpha value is -4.34. The molecular weight excluding hydrogens is 820 g/mol. The number of hydrogen-bond acceptors (Lipinski definition) is 4. The molecule has 5 nitrogen and oxygen atoms in total. The summed E-state index contributed by atoms with van der Waals surface area (Å²) in [5.41, 5.74) is 8.45. The standard InChI is InChI=1S/C46H49N4O.Pt/c1-44(2,3)29-32-23-33(30-45(4,5)6)25-36(24-32)49-22-21-48(31-49)35-13-12-14-37(27-35)51-38-17-18-40-39-15-10-11-16-41(39)50(42(40)28-38)43-26-34(19-20-47-43)46(7,8)9;/h10-26,31H,29-30H2,1-9H3;/q-3;. The quantitative estimate of drug-likeness (QED) is 0.150. The Labute approximate surface area is 324 Å². The Kier molecular flexibility index (Phi) is 10.2. The molecule has 4 aromatic carbocycles. The normalized spacial score (nSPS) is 13.6. The molecule has 0 N–H and O–H groups in total. The van der Waals surface area contributed by atoms with Crippen molar-refractivity contribution in [2.75, 3.05) is 9.80 Å². The van der Waals surface area contributed by atoms with Gasteiger partial charge in [-0.25, -0.2) is 4.98 Å². The van der Waals surface area contributed by atoms with Crippen LogP contribution in [0.2, 0.25) is 0 Å². The van der Waals surface area contributed by atoms with Gasteiger partial charge in [0.05, 0.1) is 0 Å². The average molecular weight is 869 g/mol. The van der Waals surface area contributed by atoms with Gasteiger partial charge in [-0.1, -0.05) is 92.1 Å². The maximum Gasteiger partial charge on any atom is 0.135 e. The second-order valence-electron chi connectivity index (χ2n) is 17.3. The van der Waals surface area contributed by atoms with Crippen molar-refractivity contribution in [1.82, 2.24) is 9.55 Å². The maximum atomic E-state index is 6.46. The van der Waals surface area contributed by atoms with Gasteiger partial charge in [-0.3, -0.25) is 0 Å². The molecule has 0 unspecified atom stereocenters. The molecular formula is C46H49N4OPt-3. The summed E-state index contributed by atoms with van der Waals surface area (Å²) in [6.45, 7) is 22.6. The van der Waals surface area contributed by atoms with Crippen molar-refractivity contribution in [3.8, 4) is 17.3 Å². The summed E-state index contributed by atoms with van der Waals surface area (Å²) in [5.74, 6) is 2.11. The van der Waals surface area contributed by atoms with Gasteiger partial charge in [0.15, 0.2) is 0 Å². The number of hydrogen-bond donors (Lipinski definition) is 0. The molecule has 0 bridgehead atoms. The molecule has 0 radical (unpaired) electrons. The van der Waals surface area contributed by atoms with E-state index in [1.807, 2.05) is 24.4 Å². The van der Waals surface area contributed by atoms with Crippen LogP contribution < -0.4 is 14.5 Å². The van der Waals surface area contributed by atoms with E-state index in [-0.39, 0.29) is 37.3 Å². The second kappa shape index (κ2) is 14.2. The van der Waals surface area contributed by atoms with Crippen molar-refractivity contribution in [3.63, 3.8) is 0 Å². The van der Waals surface area contributed by atoms with Gasteiger partial charge in [0.25, 0.3) is 0 Å². The molecule has 0 aliphatic carbocycles. The molecule has 0 saturated heterocycles. The van der Waals surface area contributed by atoms with Gasteiger partial charge >= 0.3 is 0 Å². The van der Waals surface area contributed by atoms with Crippen LogP contribution in [0, 0.1) is 29.6 Å². The minimum absolute atomic E-state index is 0. The summed E-state index contributed by atoms with van der Waals surface area (Å²) in [4.78, 5) is 9.10. The summed E-state index contributed by atoms with van der Waals surface area (Å²) in [6.07, 6.45) is 8.13. The van der Waals surface area contributed by atoms with E-state index >= 15 is 0 Å². The third kappa shape index (κ3) is 8.31. The first-order chi connectivity index (χ1) is 24.1. The van der Waals surface area contributed by atoms with Gasteiger partial charge in [0.2, 0.25) is 0 Å². The summed E-state index contributed by atoms with van der Waals surface area (Å²) < 4.78 is 8.65. The Morgan fingerprint density at radius 2 is 1.35 bits per heavy atom. The monoisotopic (exact) mass is 868 g/mol. The molecule has 0 spiro atoms. The Morgan fingerprint density at radius 1 is 0.673 bits per heavy atom. The molecule has 0 atom stereocenters. The first kappa shape index (κ1) is 37.4. The van der Waals surface area contributed by atoms with Crippen molar-refractivity contribution >= 4 is 33.2 Å². The van der Waals surface area contributed by atoms with Crippen molar-refractivity contribution in [1.29, 1.82) is 0 Å². The fraction of sp³-hybridized carbons (Fsp3) is 0.304. The minimum atomic E-state index is -0.000234. The van der Waals surface area contributed by atoms with E-state index in [2.05, 4.69) is 175 Å². The molecule has 7 rings (SSSR count). The van der Waals surface area contributed by atoms with Gasteiger partial charge in [-0.2, -0.15) is 12.1 Å². The molecule has 1 aliphatic heterocycles. The van der Waals surface area contributed by atoms with Gasteiger partial charge in [0.1, 0.15) is 5.82 Å². The van der Waals surface area contributed by atoms with Gasteiger partial charge in [-0.05, 0) is 93.9 Å². The molecule has 3 heterocycles. The number of para-hydroxylation sites is 1. The number of pyridine rings is 1. The Bertz CT molecular complexity index is 2210. The first-order valence-corrected chi connectivity index (χ1v) is 18.0. The van der Waals surface area contributed by atoms with E-state index in [0.29, 0.717) is 11.5 Å². The van der Waals surface area contributed by atoms with E-state index in [1.54, 1.807) is 0 Å².